The summed E-state index contributed by atoms with van der Waals surface area (Å²) in [5, 5.41) is 0. The van der Waals surface area contributed by atoms with Gasteiger partial charge in [0.05, 0.1) is 5.60 Å². The summed E-state index contributed by atoms with van der Waals surface area (Å²) in [5.41, 5.74) is -2.42. The maximum Gasteiger partial charge on any atom is 0.300 e. The van der Waals surface area contributed by atoms with Gasteiger partial charge in [-0.05, 0) is 62.7 Å². The lowest BCUT2D eigenvalue weighted by molar-refractivity contribution is -0.105. The number of hydrogen-bond acceptors (Lipinski definition) is 3. The van der Waals surface area contributed by atoms with Crippen molar-refractivity contribution in [3.05, 3.63) is 0 Å². The molecule has 3 nitrogen and oxygen atoms in total. The first-order valence-electron chi connectivity index (χ1n) is 7.51. The van der Waals surface area contributed by atoms with Gasteiger partial charge in [0.2, 0.25) is 5.50 Å². The summed E-state index contributed by atoms with van der Waals surface area (Å²) in [5.74, 6) is 1.81. The van der Waals surface area contributed by atoms with Crippen LogP contribution in [0.2, 0.25) is 0 Å². The molecule has 0 spiro atoms. The van der Waals surface area contributed by atoms with Crippen molar-refractivity contribution in [2.45, 2.75) is 69.4 Å². The zero-order chi connectivity index (χ0) is 13.7. The Kier molecular flexibility index (Phi) is 3.41. The average Bonchev–Trinajstić information content (AvgIpc) is 2.25. The molecule has 4 fully saturated rings. The van der Waals surface area contributed by atoms with E-state index in [1.165, 1.54) is 19.3 Å². The van der Waals surface area contributed by atoms with Crippen LogP contribution in [0.1, 0.15) is 58.3 Å². The molecule has 0 N–H and O–H groups in total. The molecule has 0 amide bonds. The molecule has 4 aliphatic carbocycles. The Balaban J connectivity index is 1.76. The van der Waals surface area contributed by atoms with Crippen molar-refractivity contribution >= 4 is 10.1 Å². The molecular weight excluding hydrogens is 267 g/mol. The maximum absolute atomic E-state index is 13.8. The lowest BCUT2D eigenvalue weighted by Gasteiger charge is -2.55. The summed E-state index contributed by atoms with van der Waals surface area (Å²) >= 11 is 0. The van der Waals surface area contributed by atoms with E-state index in [1.807, 2.05) is 0 Å². The molecule has 1 unspecified atom stereocenters. The van der Waals surface area contributed by atoms with Crippen molar-refractivity contribution in [1.82, 2.24) is 0 Å². The first-order valence-corrected chi connectivity index (χ1v) is 8.98. The Bertz CT molecular complexity index is 410. The fraction of sp³-hybridized carbons (Fsp3) is 1.00. The van der Waals surface area contributed by atoms with E-state index < -0.39 is 21.2 Å². The van der Waals surface area contributed by atoms with E-state index in [4.69, 9.17) is 4.18 Å². The molecule has 4 rings (SSSR count). The largest absolute Gasteiger partial charge is 0.300 e. The van der Waals surface area contributed by atoms with E-state index in [0.29, 0.717) is 24.2 Å². The molecule has 0 heterocycles. The van der Waals surface area contributed by atoms with Gasteiger partial charge in [0.1, 0.15) is 0 Å². The highest BCUT2D eigenvalue weighted by molar-refractivity contribution is 7.87. The van der Waals surface area contributed by atoms with Gasteiger partial charge in [-0.2, -0.15) is 8.42 Å². The molecule has 0 aliphatic heterocycles. The van der Waals surface area contributed by atoms with Gasteiger partial charge in [-0.1, -0.05) is 13.3 Å². The van der Waals surface area contributed by atoms with Crippen molar-refractivity contribution in [3.8, 4) is 0 Å². The highest BCUT2D eigenvalue weighted by Gasteiger charge is 2.54. The summed E-state index contributed by atoms with van der Waals surface area (Å²) in [7, 11) is -4.05. The van der Waals surface area contributed by atoms with Gasteiger partial charge in [0.25, 0.3) is 10.1 Å². The smallest absolute Gasteiger partial charge is 0.261 e. The molecule has 5 heteroatoms. The second-order valence-electron chi connectivity index (χ2n) is 6.88. The first kappa shape index (κ1) is 13.8. The Hall–Kier alpha value is -0.160. The van der Waals surface area contributed by atoms with Crippen molar-refractivity contribution < 1.29 is 17.0 Å². The Morgan fingerprint density at radius 3 is 2.05 bits per heavy atom. The summed E-state index contributed by atoms with van der Waals surface area (Å²) < 4.78 is 43.2. The van der Waals surface area contributed by atoms with E-state index in [1.54, 1.807) is 6.92 Å². The Labute approximate surface area is 115 Å². The van der Waals surface area contributed by atoms with Crippen LogP contribution in [0.15, 0.2) is 0 Å². The lowest BCUT2D eigenvalue weighted by Crippen LogP contribution is -2.53. The van der Waals surface area contributed by atoms with E-state index >= 15 is 0 Å². The minimum atomic E-state index is -4.05. The van der Waals surface area contributed by atoms with Crippen LogP contribution >= 0.6 is 0 Å². The van der Waals surface area contributed by atoms with Gasteiger partial charge in [0, 0.05) is 0 Å². The summed E-state index contributed by atoms with van der Waals surface area (Å²) in [4.78, 5) is 0. The fourth-order valence-corrected chi connectivity index (χ4v) is 6.13. The quantitative estimate of drug-likeness (QED) is 0.729. The van der Waals surface area contributed by atoms with Crippen LogP contribution in [0, 0.1) is 17.8 Å². The van der Waals surface area contributed by atoms with Crippen LogP contribution in [-0.2, 0) is 14.3 Å². The van der Waals surface area contributed by atoms with E-state index in [0.717, 1.165) is 19.3 Å². The Morgan fingerprint density at radius 1 is 1.16 bits per heavy atom. The molecule has 0 aromatic rings. The standard InChI is InChI=1S/C14H23FO3S/c1-2-3-13(15)19(16,17)18-14-7-10-4-11(8-14)6-12(5-10)9-14/h10-13H,2-9H2,1H3. The average molecular weight is 290 g/mol. The normalized spacial score (nSPS) is 42.5. The Morgan fingerprint density at radius 2 is 1.63 bits per heavy atom. The van der Waals surface area contributed by atoms with Crippen LogP contribution < -0.4 is 0 Å². The summed E-state index contributed by atoms with van der Waals surface area (Å²) in [6.07, 6.45) is 6.66. The van der Waals surface area contributed by atoms with Crippen LogP contribution in [0.5, 0.6) is 0 Å². The summed E-state index contributed by atoms with van der Waals surface area (Å²) in [6.45, 7) is 1.78. The topological polar surface area (TPSA) is 43.4 Å². The van der Waals surface area contributed by atoms with Crippen LogP contribution in [0.4, 0.5) is 4.39 Å². The van der Waals surface area contributed by atoms with Gasteiger partial charge in [0.15, 0.2) is 0 Å². The maximum atomic E-state index is 13.8. The molecule has 4 aliphatic rings. The van der Waals surface area contributed by atoms with Crippen LogP contribution in [0.3, 0.4) is 0 Å². The summed E-state index contributed by atoms with van der Waals surface area (Å²) in [6, 6.07) is 0. The fourth-order valence-electron chi connectivity index (χ4n) is 4.80. The molecule has 0 saturated heterocycles. The third-order valence-corrected chi connectivity index (χ3v) is 6.55. The van der Waals surface area contributed by atoms with Gasteiger partial charge >= 0.3 is 0 Å². The van der Waals surface area contributed by atoms with Crippen LogP contribution in [-0.4, -0.2) is 19.5 Å². The molecule has 4 saturated carbocycles. The number of alkyl halides is 1. The number of hydrogen-bond donors (Lipinski definition) is 0. The van der Waals surface area contributed by atoms with Crippen LogP contribution in [0.25, 0.3) is 0 Å². The zero-order valence-corrected chi connectivity index (χ0v) is 12.3. The third kappa shape index (κ3) is 2.56. The zero-order valence-electron chi connectivity index (χ0n) is 11.5. The van der Waals surface area contributed by atoms with Crippen molar-refractivity contribution in [3.63, 3.8) is 0 Å². The molecule has 1 atom stereocenters. The van der Waals surface area contributed by atoms with Gasteiger partial charge in [-0.15, -0.1) is 0 Å². The molecule has 0 aromatic carbocycles. The van der Waals surface area contributed by atoms with Crippen molar-refractivity contribution in [2.75, 3.05) is 0 Å². The number of rotatable bonds is 5. The van der Waals surface area contributed by atoms with Gasteiger partial charge < -0.3 is 0 Å². The highest BCUT2D eigenvalue weighted by Crippen LogP contribution is 2.57. The molecule has 4 bridgehead atoms. The number of halogens is 1. The van der Waals surface area contributed by atoms with Crippen molar-refractivity contribution in [2.24, 2.45) is 17.8 Å². The second-order valence-corrected chi connectivity index (χ2v) is 8.54. The first-order chi connectivity index (χ1) is 8.92. The van der Waals surface area contributed by atoms with Gasteiger partial charge in [-0.25, -0.2) is 4.39 Å². The monoisotopic (exact) mass is 290 g/mol. The minimum absolute atomic E-state index is 0.0364. The molecular formula is C14H23FO3S. The third-order valence-electron chi connectivity index (χ3n) is 5.10. The van der Waals surface area contributed by atoms with E-state index in [2.05, 4.69) is 0 Å². The minimum Gasteiger partial charge on any atom is -0.261 e. The SMILES string of the molecule is CCCC(F)S(=O)(=O)OC12CC3CC(CC(C3)C1)C2. The van der Waals surface area contributed by atoms with Crippen molar-refractivity contribution in [1.29, 1.82) is 0 Å². The van der Waals surface area contributed by atoms with E-state index in [-0.39, 0.29) is 6.42 Å². The second kappa shape index (κ2) is 4.69. The van der Waals surface area contributed by atoms with E-state index in [9.17, 15) is 12.8 Å². The lowest BCUT2D eigenvalue weighted by atomic mass is 9.54. The molecule has 0 aromatic heterocycles. The predicted octanol–water partition coefficient (Wildman–Crippen LogP) is 3.40. The predicted molar refractivity (Wildman–Crippen MR) is 70.7 cm³/mol. The molecule has 19 heavy (non-hydrogen) atoms. The molecule has 0 radical (unpaired) electrons. The van der Waals surface area contributed by atoms with Gasteiger partial charge in [-0.3, -0.25) is 4.18 Å². The highest BCUT2D eigenvalue weighted by atomic mass is 32.2. The molecule has 110 valence electrons.